The van der Waals surface area contributed by atoms with E-state index >= 15 is 0 Å². The van der Waals surface area contributed by atoms with Crippen LogP contribution in [-0.2, 0) is 16.0 Å². The molecule has 2 rings (SSSR count). The Kier molecular flexibility index (Phi) is 5.28. The van der Waals surface area contributed by atoms with Gasteiger partial charge in [-0.1, -0.05) is 0 Å². The highest BCUT2D eigenvalue weighted by atomic mass is 16.6. The minimum atomic E-state index is -1.48. The third-order valence-electron chi connectivity index (χ3n) is 3.48. The molecule has 11 heteroatoms. The summed E-state index contributed by atoms with van der Waals surface area (Å²) in [5.74, 6) is -0.524. The topological polar surface area (TPSA) is 180 Å². The molecule has 1 aromatic heterocycles. The zero-order valence-electron chi connectivity index (χ0n) is 12.0. The second-order valence-electron chi connectivity index (χ2n) is 5.03. The molecule has 0 bridgehead atoms. The number of H-pyrrole nitrogens is 1. The number of hydrogen-bond donors (Lipinski definition) is 6. The number of hydrogen-bond acceptors (Lipinski definition) is 8. The van der Waals surface area contributed by atoms with Crippen LogP contribution in [0.2, 0.25) is 0 Å². The van der Waals surface area contributed by atoms with Crippen molar-refractivity contribution >= 4 is 5.91 Å². The van der Waals surface area contributed by atoms with Gasteiger partial charge in [0, 0.05) is 11.8 Å². The molecule has 1 saturated heterocycles. The van der Waals surface area contributed by atoms with E-state index in [0.29, 0.717) is 0 Å². The van der Waals surface area contributed by atoms with Gasteiger partial charge in [-0.2, -0.15) is 0 Å². The van der Waals surface area contributed by atoms with Gasteiger partial charge in [0.1, 0.15) is 18.3 Å². The van der Waals surface area contributed by atoms with Crippen LogP contribution in [0, 0.1) is 0 Å². The fraction of sp³-hybridized carbons (Fsp3) is 0.583. The van der Waals surface area contributed by atoms with Crippen LogP contribution in [0.15, 0.2) is 15.8 Å². The molecule has 128 valence electrons. The Bertz CT molecular complexity index is 685. The van der Waals surface area contributed by atoms with E-state index in [9.17, 15) is 24.6 Å². The standard InChI is InChI=1S/C12H18N4O7/c13-4-14-7(18)1-5-2-16(12(22)15-10(5)21)11-9(20)8(19)6(3-17)23-11/h2,6,8-9,11,17,19-20H,1,3-4,13H2,(H,14,18)(H,15,21,22)/t6-,8-,9-,11-/m1/s1. The second-order valence-corrected chi connectivity index (χ2v) is 5.03. The maximum absolute atomic E-state index is 11.9. The highest BCUT2D eigenvalue weighted by Gasteiger charge is 2.43. The van der Waals surface area contributed by atoms with Gasteiger partial charge in [-0.15, -0.1) is 0 Å². The molecule has 1 fully saturated rings. The Hall–Kier alpha value is -2.05. The van der Waals surface area contributed by atoms with E-state index < -0.39 is 48.3 Å². The first-order valence-electron chi connectivity index (χ1n) is 6.82. The number of nitrogens with one attached hydrogen (secondary N) is 2. The Morgan fingerprint density at radius 3 is 2.65 bits per heavy atom. The predicted octanol–water partition coefficient (Wildman–Crippen LogP) is -4.28. The van der Waals surface area contributed by atoms with Gasteiger partial charge in [0.25, 0.3) is 5.56 Å². The maximum Gasteiger partial charge on any atom is 0.330 e. The van der Waals surface area contributed by atoms with Crippen LogP contribution >= 0.6 is 0 Å². The Labute approximate surface area is 129 Å². The van der Waals surface area contributed by atoms with Gasteiger partial charge in [-0.05, 0) is 0 Å². The third-order valence-corrected chi connectivity index (χ3v) is 3.48. The number of ether oxygens (including phenoxy) is 1. The largest absolute Gasteiger partial charge is 0.394 e. The second kappa shape index (κ2) is 7.02. The molecule has 7 N–H and O–H groups in total. The van der Waals surface area contributed by atoms with Crippen LogP contribution in [-0.4, -0.2) is 62.4 Å². The summed E-state index contributed by atoms with van der Waals surface area (Å²) >= 11 is 0. The van der Waals surface area contributed by atoms with Gasteiger partial charge < -0.3 is 31.1 Å². The van der Waals surface area contributed by atoms with Gasteiger partial charge in [0.15, 0.2) is 6.23 Å². The number of nitrogens with two attached hydrogens (primary N) is 1. The number of nitrogens with zero attached hydrogens (tertiary/aromatic N) is 1. The van der Waals surface area contributed by atoms with Crippen molar-refractivity contribution in [3.05, 3.63) is 32.6 Å². The Balaban J connectivity index is 2.34. The van der Waals surface area contributed by atoms with E-state index in [1.54, 1.807) is 0 Å². The van der Waals surface area contributed by atoms with Crippen molar-refractivity contribution < 1.29 is 24.9 Å². The molecule has 0 aliphatic carbocycles. The normalized spacial score (nSPS) is 27.1. The molecule has 0 unspecified atom stereocenters. The summed E-state index contributed by atoms with van der Waals surface area (Å²) in [5.41, 5.74) is 3.47. The zero-order valence-corrected chi connectivity index (χ0v) is 12.0. The fourth-order valence-electron chi connectivity index (χ4n) is 2.30. The van der Waals surface area contributed by atoms with Crippen molar-refractivity contribution in [3.63, 3.8) is 0 Å². The summed E-state index contributed by atoms with van der Waals surface area (Å²) in [5, 5.41) is 31.0. The molecule has 0 saturated carbocycles. The Morgan fingerprint density at radius 2 is 2.09 bits per heavy atom. The van der Waals surface area contributed by atoms with Crippen LogP contribution < -0.4 is 22.3 Å². The van der Waals surface area contributed by atoms with Gasteiger partial charge >= 0.3 is 5.69 Å². The molecule has 0 spiro atoms. The molecule has 1 amide bonds. The van der Waals surface area contributed by atoms with E-state index in [4.69, 9.17) is 15.6 Å². The number of carbonyl (C=O) groups excluding carboxylic acids is 1. The molecule has 4 atom stereocenters. The smallest absolute Gasteiger partial charge is 0.330 e. The van der Waals surface area contributed by atoms with Crippen molar-refractivity contribution in [3.8, 4) is 0 Å². The van der Waals surface area contributed by atoms with Crippen molar-refractivity contribution in [1.82, 2.24) is 14.9 Å². The lowest BCUT2D eigenvalue weighted by Gasteiger charge is -2.17. The van der Waals surface area contributed by atoms with Gasteiger partial charge in [0.05, 0.1) is 19.7 Å². The van der Waals surface area contributed by atoms with E-state index in [-0.39, 0.29) is 18.7 Å². The van der Waals surface area contributed by atoms with E-state index in [1.807, 2.05) is 4.98 Å². The monoisotopic (exact) mass is 330 g/mol. The molecule has 11 nitrogen and oxygen atoms in total. The molecule has 23 heavy (non-hydrogen) atoms. The first-order valence-corrected chi connectivity index (χ1v) is 6.82. The van der Waals surface area contributed by atoms with Crippen LogP contribution in [0.25, 0.3) is 0 Å². The van der Waals surface area contributed by atoms with Crippen molar-refractivity contribution in [2.75, 3.05) is 13.3 Å². The summed E-state index contributed by atoms with van der Waals surface area (Å²) in [6, 6.07) is 0. The molecule has 0 radical (unpaired) electrons. The SMILES string of the molecule is NCNC(=O)Cc1cn([C@@H]2O[C@H](CO)[C@@H](O)[C@H]2O)c(=O)[nH]c1=O. The molecule has 1 aliphatic heterocycles. The van der Waals surface area contributed by atoms with Gasteiger partial charge in [-0.25, -0.2) is 4.79 Å². The molecule has 1 aromatic rings. The van der Waals surface area contributed by atoms with Crippen molar-refractivity contribution in [2.45, 2.75) is 31.0 Å². The number of aliphatic hydroxyl groups excluding tert-OH is 3. The maximum atomic E-state index is 11.9. The number of aromatic amines is 1. The first-order chi connectivity index (χ1) is 10.9. The molecular weight excluding hydrogens is 312 g/mol. The van der Waals surface area contributed by atoms with Gasteiger partial charge in [-0.3, -0.25) is 19.1 Å². The van der Waals surface area contributed by atoms with Crippen LogP contribution in [0.4, 0.5) is 0 Å². The minimum absolute atomic E-state index is 0.0479. The molecule has 1 aliphatic rings. The van der Waals surface area contributed by atoms with Crippen molar-refractivity contribution in [1.29, 1.82) is 0 Å². The van der Waals surface area contributed by atoms with Gasteiger partial charge in [0.2, 0.25) is 5.91 Å². The first kappa shape index (κ1) is 17.3. The lowest BCUT2D eigenvalue weighted by atomic mass is 10.1. The molecule has 0 aromatic carbocycles. The number of aliphatic hydroxyl groups is 3. The summed E-state index contributed by atoms with van der Waals surface area (Å²) in [7, 11) is 0. The van der Waals surface area contributed by atoms with Crippen LogP contribution in [0.1, 0.15) is 11.8 Å². The highest BCUT2D eigenvalue weighted by molar-refractivity contribution is 5.78. The summed E-state index contributed by atoms with van der Waals surface area (Å²) in [6.07, 6.45) is -4.52. The predicted molar refractivity (Wildman–Crippen MR) is 75.2 cm³/mol. The average molecular weight is 330 g/mol. The lowest BCUT2D eigenvalue weighted by molar-refractivity contribution is -0.120. The zero-order chi connectivity index (χ0) is 17.1. The quantitative estimate of drug-likeness (QED) is 0.293. The number of amides is 1. The summed E-state index contributed by atoms with van der Waals surface area (Å²) in [4.78, 5) is 37.1. The van der Waals surface area contributed by atoms with Crippen molar-refractivity contribution in [2.24, 2.45) is 5.73 Å². The lowest BCUT2D eigenvalue weighted by Crippen LogP contribution is -2.40. The Morgan fingerprint density at radius 1 is 1.39 bits per heavy atom. The van der Waals surface area contributed by atoms with Crippen LogP contribution in [0.3, 0.4) is 0 Å². The highest BCUT2D eigenvalue weighted by Crippen LogP contribution is 2.27. The summed E-state index contributed by atoms with van der Waals surface area (Å²) in [6.45, 7) is -0.663. The molecular formula is C12H18N4O7. The third kappa shape index (κ3) is 3.48. The fourth-order valence-corrected chi connectivity index (χ4v) is 2.30. The number of carbonyl (C=O) groups is 1. The minimum Gasteiger partial charge on any atom is -0.394 e. The van der Waals surface area contributed by atoms with E-state index in [0.717, 1.165) is 10.8 Å². The van der Waals surface area contributed by atoms with E-state index in [1.165, 1.54) is 0 Å². The average Bonchev–Trinajstić information content (AvgIpc) is 2.78. The van der Waals surface area contributed by atoms with E-state index in [2.05, 4.69) is 5.32 Å². The van der Waals surface area contributed by atoms with Crippen LogP contribution in [0.5, 0.6) is 0 Å². The number of aromatic nitrogens is 2. The number of rotatable bonds is 5. The summed E-state index contributed by atoms with van der Waals surface area (Å²) < 4.78 is 6.08. The molecule has 2 heterocycles.